The number of halogens is 1. The Morgan fingerprint density at radius 3 is 2.71 bits per heavy atom. The van der Waals surface area contributed by atoms with Gasteiger partial charge in [-0.05, 0) is 24.1 Å². The number of anilines is 1. The molecule has 2 N–H and O–H groups in total. The van der Waals surface area contributed by atoms with Gasteiger partial charge in [0.25, 0.3) is 5.91 Å². The first kappa shape index (κ1) is 20.3. The third kappa shape index (κ3) is 4.85. The maximum absolute atomic E-state index is 12.3. The number of para-hydroxylation sites is 2. The van der Waals surface area contributed by atoms with Gasteiger partial charge in [0.05, 0.1) is 5.69 Å². The van der Waals surface area contributed by atoms with Gasteiger partial charge in [-0.3, -0.25) is 9.59 Å². The fourth-order valence-electron chi connectivity index (χ4n) is 2.59. The van der Waals surface area contributed by atoms with Crippen molar-refractivity contribution < 1.29 is 14.3 Å². The molecule has 2 amide bonds. The first-order chi connectivity index (χ1) is 10.8. The molecule has 0 spiro atoms. The highest BCUT2D eigenvalue weighted by Gasteiger charge is 2.26. The van der Waals surface area contributed by atoms with Crippen molar-refractivity contribution >= 4 is 29.9 Å². The van der Waals surface area contributed by atoms with E-state index in [1.54, 1.807) is 16.8 Å². The largest absolute Gasteiger partial charge is 0.482 e. The summed E-state index contributed by atoms with van der Waals surface area (Å²) in [5, 5.41) is 0. The van der Waals surface area contributed by atoms with Crippen LogP contribution < -0.4 is 15.4 Å². The Labute approximate surface area is 149 Å². The summed E-state index contributed by atoms with van der Waals surface area (Å²) in [7, 11) is 1.77. The molecule has 0 radical (unpaired) electrons. The van der Waals surface area contributed by atoms with Crippen LogP contribution in [0.5, 0.6) is 5.75 Å². The molecule has 0 fully saturated rings. The summed E-state index contributed by atoms with van der Waals surface area (Å²) in [5.41, 5.74) is 6.32. The molecule has 6 nitrogen and oxygen atoms in total. The van der Waals surface area contributed by atoms with Crippen LogP contribution in [0.3, 0.4) is 0 Å². The number of amides is 2. The third-order valence-corrected chi connectivity index (χ3v) is 4.00. The highest BCUT2D eigenvalue weighted by atomic mass is 35.5. The van der Waals surface area contributed by atoms with Crippen molar-refractivity contribution in [1.29, 1.82) is 0 Å². The summed E-state index contributed by atoms with van der Waals surface area (Å²) in [4.78, 5) is 27.7. The zero-order valence-corrected chi connectivity index (χ0v) is 15.3. The van der Waals surface area contributed by atoms with Crippen LogP contribution in [-0.2, 0) is 9.59 Å². The highest BCUT2D eigenvalue weighted by molar-refractivity contribution is 5.98. The molecule has 0 saturated carbocycles. The van der Waals surface area contributed by atoms with Crippen molar-refractivity contribution in [1.82, 2.24) is 4.90 Å². The molecule has 0 aliphatic carbocycles. The van der Waals surface area contributed by atoms with Crippen molar-refractivity contribution in [2.45, 2.75) is 20.3 Å². The van der Waals surface area contributed by atoms with Gasteiger partial charge >= 0.3 is 0 Å². The van der Waals surface area contributed by atoms with Crippen LogP contribution in [-0.4, -0.2) is 50.0 Å². The molecule has 1 aromatic rings. The van der Waals surface area contributed by atoms with Gasteiger partial charge in [-0.2, -0.15) is 0 Å². The summed E-state index contributed by atoms with van der Waals surface area (Å²) in [6.07, 6.45) is 0.275. The van der Waals surface area contributed by atoms with Gasteiger partial charge in [0.1, 0.15) is 5.75 Å². The molecule has 0 bridgehead atoms. The van der Waals surface area contributed by atoms with Crippen molar-refractivity contribution in [3.8, 4) is 5.75 Å². The maximum atomic E-state index is 12.3. The SMILES string of the molecule is CN(CC(C)(C)CN)C(=O)CCN1C(=O)COc2ccccc21.Cl. The van der Waals surface area contributed by atoms with Gasteiger partial charge in [-0.1, -0.05) is 26.0 Å². The minimum absolute atomic E-state index is 0. The quantitative estimate of drug-likeness (QED) is 0.842. The van der Waals surface area contributed by atoms with Gasteiger partial charge in [0.2, 0.25) is 5.91 Å². The summed E-state index contributed by atoms with van der Waals surface area (Å²) in [6, 6.07) is 7.37. The van der Waals surface area contributed by atoms with Crippen LogP contribution in [0, 0.1) is 5.41 Å². The van der Waals surface area contributed by atoms with Gasteiger partial charge in [-0.25, -0.2) is 0 Å². The van der Waals surface area contributed by atoms with E-state index >= 15 is 0 Å². The molecule has 1 aliphatic heterocycles. The molecule has 0 atom stereocenters. The molecule has 1 aromatic carbocycles. The number of carbonyl (C=O) groups is 2. The minimum atomic E-state index is -0.124. The topological polar surface area (TPSA) is 75.9 Å². The standard InChI is InChI=1S/C17H25N3O3.ClH/c1-17(2,11-18)12-19(3)15(21)8-9-20-13-6-4-5-7-14(13)23-10-16(20)22;/h4-7H,8-12,18H2,1-3H3;1H. The van der Waals surface area contributed by atoms with Crippen molar-refractivity contribution in [2.75, 3.05) is 38.2 Å². The molecule has 2 rings (SSSR count). The highest BCUT2D eigenvalue weighted by Crippen LogP contribution is 2.31. The van der Waals surface area contributed by atoms with E-state index in [1.807, 2.05) is 38.1 Å². The Morgan fingerprint density at radius 2 is 2.04 bits per heavy atom. The Morgan fingerprint density at radius 1 is 1.38 bits per heavy atom. The van der Waals surface area contributed by atoms with E-state index in [0.717, 1.165) is 5.69 Å². The lowest BCUT2D eigenvalue weighted by Crippen LogP contribution is -2.43. The van der Waals surface area contributed by atoms with Crippen LogP contribution in [0.2, 0.25) is 0 Å². The molecular weight excluding hydrogens is 330 g/mol. The van der Waals surface area contributed by atoms with Crippen LogP contribution >= 0.6 is 12.4 Å². The van der Waals surface area contributed by atoms with E-state index in [0.29, 0.717) is 25.4 Å². The van der Waals surface area contributed by atoms with E-state index in [9.17, 15) is 9.59 Å². The van der Waals surface area contributed by atoms with Gasteiger partial charge < -0.3 is 20.3 Å². The third-order valence-electron chi connectivity index (χ3n) is 4.00. The summed E-state index contributed by atoms with van der Waals surface area (Å²) in [6.45, 7) is 5.53. The molecule has 1 aliphatic rings. The first-order valence-corrected chi connectivity index (χ1v) is 7.80. The van der Waals surface area contributed by atoms with Crippen LogP contribution in [0.4, 0.5) is 5.69 Å². The zero-order chi connectivity index (χ0) is 17.0. The number of benzene rings is 1. The Kier molecular flexibility index (Phi) is 7.05. The van der Waals surface area contributed by atoms with Crippen molar-refractivity contribution in [3.05, 3.63) is 24.3 Å². The van der Waals surface area contributed by atoms with Crippen LogP contribution in [0.25, 0.3) is 0 Å². The monoisotopic (exact) mass is 355 g/mol. The Bertz CT molecular complexity index is 592. The second-order valence-corrected chi connectivity index (χ2v) is 6.67. The fourth-order valence-corrected chi connectivity index (χ4v) is 2.59. The predicted octanol–water partition coefficient (Wildman–Crippen LogP) is 1.67. The van der Waals surface area contributed by atoms with Gasteiger partial charge in [0.15, 0.2) is 6.61 Å². The molecule has 0 saturated heterocycles. The van der Waals surface area contributed by atoms with Crippen LogP contribution in [0.15, 0.2) is 24.3 Å². The van der Waals surface area contributed by atoms with Gasteiger partial charge in [0, 0.05) is 26.6 Å². The average molecular weight is 356 g/mol. The lowest BCUT2D eigenvalue weighted by Gasteiger charge is -2.31. The number of nitrogens with zero attached hydrogens (tertiary/aromatic N) is 2. The Hall–Kier alpha value is -1.79. The van der Waals surface area contributed by atoms with E-state index in [-0.39, 0.29) is 42.7 Å². The Balaban J connectivity index is 0.00000288. The molecule has 134 valence electrons. The number of nitrogens with two attached hydrogens (primary N) is 1. The number of hydrogen-bond acceptors (Lipinski definition) is 4. The average Bonchev–Trinajstić information content (AvgIpc) is 2.53. The van der Waals surface area contributed by atoms with E-state index in [4.69, 9.17) is 10.5 Å². The first-order valence-electron chi connectivity index (χ1n) is 7.80. The lowest BCUT2D eigenvalue weighted by molar-refractivity contribution is -0.131. The smallest absolute Gasteiger partial charge is 0.265 e. The normalized spacial score (nSPS) is 13.7. The summed E-state index contributed by atoms with van der Waals surface area (Å²) < 4.78 is 5.40. The molecule has 0 aromatic heterocycles. The van der Waals surface area contributed by atoms with Gasteiger partial charge in [-0.15, -0.1) is 12.4 Å². The predicted molar refractivity (Wildman–Crippen MR) is 96.6 cm³/mol. The lowest BCUT2D eigenvalue weighted by atomic mass is 9.93. The van der Waals surface area contributed by atoms with E-state index in [1.165, 1.54) is 0 Å². The molecule has 7 heteroatoms. The molecule has 1 heterocycles. The number of carbonyl (C=O) groups excluding carboxylic acids is 2. The number of ether oxygens (including phenoxy) is 1. The van der Waals surface area contributed by atoms with Crippen molar-refractivity contribution in [3.63, 3.8) is 0 Å². The molecule has 0 unspecified atom stereocenters. The number of rotatable bonds is 6. The van der Waals surface area contributed by atoms with Crippen LogP contribution in [0.1, 0.15) is 20.3 Å². The zero-order valence-electron chi connectivity index (χ0n) is 14.4. The second kappa shape index (κ2) is 8.35. The second-order valence-electron chi connectivity index (χ2n) is 6.67. The fraction of sp³-hybridized carbons (Fsp3) is 0.529. The summed E-state index contributed by atoms with van der Waals surface area (Å²) in [5.74, 6) is 0.557. The minimum Gasteiger partial charge on any atom is -0.482 e. The van der Waals surface area contributed by atoms with E-state index < -0.39 is 0 Å². The number of fused-ring (bicyclic) bond motifs is 1. The molecule has 24 heavy (non-hydrogen) atoms. The van der Waals surface area contributed by atoms with Crippen molar-refractivity contribution in [2.24, 2.45) is 11.1 Å². The summed E-state index contributed by atoms with van der Waals surface area (Å²) >= 11 is 0. The van der Waals surface area contributed by atoms with E-state index in [2.05, 4.69) is 0 Å². The number of hydrogen-bond donors (Lipinski definition) is 1. The maximum Gasteiger partial charge on any atom is 0.265 e. The molecular formula is C17H26ClN3O3.